The van der Waals surface area contributed by atoms with Crippen molar-refractivity contribution in [2.24, 2.45) is 0 Å². The third-order valence-corrected chi connectivity index (χ3v) is 1.31. The molecular weight excluding hydrogens is 467 g/mol. The molecule has 0 unspecified atom stereocenters. The number of alkyl halides is 4. The molecule has 2 radical (unpaired) electrons. The van der Waals surface area contributed by atoms with E-state index in [0.717, 1.165) is 0 Å². The largest absolute Gasteiger partial charge is 2.00 e. The van der Waals surface area contributed by atoms with Crippen molar-refractivity contribution in [2.75, 3.05) is 0 Å². The van der Waals surface area contributed by atoms with Gasteiger partial charge in [0.2, 0.25) is 0 Å². The van der Waals surface area contributed by atoms with Gasteiger partial charge in [-0.15, -0.1) is 0 Å². The predicted octanol–water partition coefficient (Wildman–Crippen LogP) is -0.872. The van der Waals surface area contributed by atoms with E-state index < -0.39 is 31.8 Å². The summed E-state index contributed by atoms with van der Waals surface area (Å²) < 4.78 is 96.7. The zero-order valence-electron chi connectivity index (χ0n) is 6.43. The molecule has 13 heteroatoms. The van der Waals surface area contributed by atoms with Crippen molar-refractivity contribution in [3.05, 3.63) is 0 Å². The second kappa shape index (κ2) is 7.69. The third kappa shape index (κ3) is 14.5. The zero-order chi connectivity index (χ0) is 12.2. The normalized spacial score (nSPS) is 11.7. The Hall–Kier alpha value is 0.462. The van der Waals surface area contributed by atoms with E-state index in [1.165, 1.54) is 0 Å². The SMILES string of the molecule is O=S(=O)([O-])C(F)F.O=S(=O)([O-])C(F)F.[Pb+2]. The van der Waals surface area contributed by atoms with E-state index in [1.54, 1.807) is 0 Å². The van der Waals surface area contributed by atoms with Crippen LogP contribution in [0.5, 0.6) is 0 Å². The van der Waals surface area contributed by atoms with Gasteiger partial charge in [-0.05, 0) is 0 Å². The molecule has 15 heavy (non-hydrogen) atoms. The summed E-state index contributed by atoms with van der Waals surface area (Å²) in [6.07, 6.45) is 0. The second-order valence-corrected chi connectivity index (χ2v) is 4.19. The van der Waals surface area contributed by atoms with Crippen LogP contribution in [0.15, 0.2) is 0 Å². The van der Waals surface area contributed by atoms with E-state index in [9.17, 15) is 17.6 Å². The first-order chi connectivity index (χ1) is 5.89. The molecule has 90 valence electrons. The molecule has 0 N–H and O–H groups in total. The number of halogens is 4. The zero-order valence-corrected chi connectivity index (χ0v) is 12.0. The summed E-state index contributed by atoms with van der Waals surface area (Å²) in [4.78, 5) is 0. The Labute approximate surface area is 102 Å². The van der Waals surface area contributed by atoms with Crippen LogP contribution in [0, 0.1) is 0 Å². The molecule has 0 rings (SSSR count). The first-order valence-corrected chi connectivity index (χ1v) is 5.29. The van der Waals surface area contributed by atoms with Gasteiger partial charge >= 0.3 is 38.8 Å². The summed E-state index contributed by atoms with van der Waals surface area (Å²) in [5, 5.41) is 0. The Morgan fingerprint density at radius 2 is 0.800 bits per heavy atom. The van der Waals surface area contributed by atoms with Crippen LogP contribution in [0.4, 0.5) is 17.6 Å². The standard InChI is InChI=1S/2CH2F2O3S.Pb/c2*2-1(3)7(4,5)6;/h2*1H,(H,4,5,6);/q;;+2/p-2. The second-order valence-electron chi connectivity index (χ2n) is 1.51. The Balaban J connectivity index is -0.000000180. The van der Waals surface area contributed by atoms with Crippen LogP contribution >= 0.6 is 0 Å². The molecule has 0 fully saturated rings. The molecule has 6 nitrogen and oxygen atoms in total. The van der Waals surface area contributed by atoms with E-state index in [2.05, 4.69) is 0 Å². The molecule has 0 heterocycles. The number of hydrogen-bond donors (Lipinski definition) is 0. The van der Waals surface area contributed by atoms with Crippen LogP contribution in [0.3, 0.4) is 0 Å². The summed E-state index contributed by atoms with van der Waals surface area (Å²) in [7, 11) is -10.6. The van der Waals surface area contributed by atoms with Crippen molar-refractivity contribution >= 4 is 47.5 Å². The summed E-state index contributed by atoms with van der Waals surface area (Å²) in [5.74, 6) is -7.57. The van der Waals surface area contributed by atoms with E-state index in [1.807, 2.05) is 0 Å². The van der Waals surface area contributed by atoms with Crippen LogP contribution < -0.4 is 0 Å². The average Bonchev–Trinajstić information content (AvgIpc) is 1.83. The fourth-order valence-electron chi connectivity index (χ4n) is 0. The maximum absolute atomic E-state index is 10.6. The van der Waals surface area contributed by atoms with E-state index in [0.29, 0.717) is 0 Å². The van der Waals surface area contributed by atoms with Gasteiger partial charge in [0.25, 0.3) is 0 Å². The van der Waals surface area contributed by atoms with Crippen molar-refractivity contribution in [1.82, 2.24) is 0 Å². The van der Waals surface area contributed by atoms with Gasteiger partial charge in [0, 0.05) is 0 Å². The molecule has 0 aliphatic carbocycles. The van der Waals surface area contributed by atoms with Gasteiger partial charge in [0.15, 0.2) is 20.2 Å². The van der Waals surface area contributed by atoms with Crippen LogP contribution in [-0.2, 0) is 20.2 Å². The number of hydrogen-bond acceptors (Lipinski definition) is 6. The summed E-state index contributed by atoms with van der Waals surface area (Å²) >= 11 is 0. The topological polar surface area (TPSA) is 114 Å². The molecule has 0 atom stereocenters. The van der Waals surface area contributed by atoms with E-state index >= 15 is 0 Å². The Bertz CT molecular complexity index is 311. The van der Waals surface area contributed by atoms with Crippen LogP contribution in [0.1, 0.15) is 0 Å². The average molecular weight is 469 g/mol. The van der Waals surface area contributed by atoms with Crippen molar-refractivity contribution in [3.8, 4) is 0 Å². The molecule has 0 spiro atoms. The molecule has 0 saturated carbocycles. The van der Waals surface area contributed by atoms with Gasteiger partial charge in [-0.3, -0.25) is 0 Å². The molecule has 0 aromatic carbocycles. The third-order valence-electron chi connectivity index (χ3n) is 0.436. The molecule has 0 aliphatic rings. The molecular formula is C2H2F4O6PbS2. The minimum Gasteiger partial charge on any atom is -0.744 e. The van der Waals surface area contributed by atoms with Crippen LogP contribution in [0.2, 0.25) is 0 Å². The maximum atomic E-state index is 10.6. The Morgan fingerprint density at radius 1 is 0.733 bits per heavy atom. The first kappa shape index (κ1) is 20.8. The molecule has 0 bridgehead atoms. The van der Waals surface area contributed by atoms with E-state index in [4.69, 9.17) is 25.9 Å². The fraction of sp³-hybridized carbons (Fsp3) is 1.00. The van der Waals surface area contributed by atoms with Gasteiger partial charge in [-0.1, -0.05) is 0 Å². The molecule has 0 aromatic rings. The first-order valence-electron chi connectivity index (χ1n) is 2.34. The van der Waals surface area contributed by atoms with Crippen molar-refractivity contribution < 1.29 is 43.5 Å². The van der Waals surface area contributed by atoms with Crippen molar-refractivity contribution in [2.45, 2.75) is 11.5 Å². The van der Waals surface area contributed by atoms with Crippen LogP contribution in [-0.4, -0.2) is 64.8 Å². The summed E-state index contributed by atoms with van der Waals surface area (Å²) in [6.45, 7) is 0. The predicted molar refractivity (Wildman–Crippen MR) is 37.2 cm³/mol. The van der Waals surface area contributed by atoms with E-state index in [-0.39, 0.29) is 27.3 Å². The minimum absolute atomic E-state index is 0. The van der Waals surface area contributed by atoms with Gasteiger partial charge < -0.3 is 9.11 Å². The summed E-state index contributed by atoms with van der Waals surface area (Å²) in [5.41, 5.74) is 0. The van der Waals surface area contributed by atoms with Gasteiger partial charge in [-0.25, -0.2) is 16.8 Å². The van der Waals surface area contributed by atoms with Crippen molar-refractivity contribution in [3.63, 3.8) is 0 Å². The molecule has 0 amide bonds. The van der Waals surface area contributed by atoms with Gasteiger partial charge in [0.05, 0.1) is 0 Å². The Morgan fingerprint density at radius 3 is 0.800 bits per heavy atom. The van der Waals surface area contributed by atoms with Gasteiger partial charge in [-0.2, -0.15) is 17.6 Å². The van der Waals surface area contributed by atoms with Crippen LogP contribution in [0.25, 0.3) is 0 Å². The Kier molecular flexibility index (Phi) is 10.7. The fourth-order valence-corrected chi connectivity index (χ4v) is 0. The smallest absolute Gasteiger partial charge is 0.744 e. The minimum atomic E-state index is -5.32. The van der Waals surface area contributed by atoms with Gasteiger partial charge in [0.1, 0.15) is 0 Å². The summed E-state index contributed by atoms with van der Waals surface area (Å²) in [6, 6.07) is 0. The number of rotatable bonds is 2. The monoisotopic (exact) mass is 470 g/mol. The molecule has 0 aromatic heterocycles. The molecule has 0 saturated heterocycles. The molecule has 0 aliphatic heterocycles. The quantitative estimate of drug-likeness (QED) is 0.295. The van der Waals surface area contributed by atoms with Crippen molar-refractivity contribution in [1.29, 1.82) is 0 Å². The maximum Gasteiger partial charge on any atom is 2.00 e.